The molecule has 7 nitrogen and oxygen atoms in total. The lowest BCUT2D eigenvalue weighted by molar-refractivity contribution is 0.0784. The number of rotatable bonds is 6. The number of aromatic amines is 1. The predicted molar refractivity (Wildman–Crippen MR) is 87.8 cm³/mol. The molecule has 0 spiro atoms. The van der Waals surface area contributed by atoms with Crippen molar-refractivity contribution in [3.63, 3.8) is 0 Å². The summed E-state index contributed by atoms with van der Waals surface area (Å²) in [6, 6.07) is 3.19. The second kappa shape index (κ2) is 6.33. The second-order valence-electron chi connectivity index (χ2n) is 6.49. The molecule has 0 aliphatic carbocycles. The maximum atomic E-state index is 9.16. The van der Waals surface area contributed by atoms with Crippen LogP contribution >= 0.6 is 0 Å². The van der Waals surface area contributed by atoms with E-state index in [4.69, 9.17) is 15.7 Å². The first kappa shape index (κ1) is 16.3. The van der Waals surface area contributed by atoms with Crippen molar-refractivity contribution in [3.8, 4) is 17.3 Å². The molecule has 0 aliphatic rings. The summed E-state index contributed by atoms with van der Waals surface area (Å²) in [5, 5.41) is 20.2. The minimum absolute atomic E-state index is 0.205. The number of H-pyrrole nitrogens is 1. The molecule has 2 aromatic rings. The summed E-state index contributed by atoms with van der Waals surface area (Å²) >= 11 is 0. The second-order valence-corrected chi connectivity index (χ2v) is 12.1. The monoisotopic (exact) mass is 318 g/mol. The van der Waals surface area contributed by atoms with Crippen LogP contribution in [-0.2, 0) is 11.5 Å². The van der Waals surface area contributed by atoms with Crippen molar-refractivity contribution in [3.05, 3.63) is 17.5 Å². The first-order valence-electron chi connectivity index (χ1n) is 7.18. The standard InChI is InChI=1S/C14H22N6OSi/c1-10-12(13-11(7-15)14(16)18-17-13)8-20(19-10)9-21-5-6-22(2,3)4/h8H,5-6,9H2,1-4H3,(H3,16,17,18). The number of nitrogens with one attached hydrogen (secondary N) is 1. The highest BCUT2D eigenvalue weighted by molar-refractivity contribution is 6.76. The molecule has 3 N–H and O–H groups in total. The van der Waals surface area contributed by atoms with Gasteiger partial charge in [0.1, 0.15) is 18.4 Å². The zero-order valence-corrected chi connectivity index (χ0v) is 14.5. The summed E-state index contributed by atoms with van der Waals surface area (Å²) in [5.41, 5.74) is 8.24. The number of hydrogen-bond acceptors (Lipinski definition) is 5. The van der Waals surface area contributed by atoms with Gasteiger partial charge in [-0.2, -0.15) is 15.5 Å². The summed E-state index contributed by atoms with van der Waals surface area (Å²) in [6.45, 7) is 9.98. The van der Waals surface area contributed by atoms with Crippen LogP contribution in [0.15, 0.2) is 6.20 Å². The van der Waals surface area contributed by atoms with Crippen molar-refractivity contribution < 1.29 is 4.74 Å². The smallest absolute Gasteiger partial charge is 0.163 e. The Kier molecular flexibility index (Phi) is 4.68. The van der Waals surface area contributed by atoms with Crippen molar-refractivity contribution in [1.29, 1.82) is 5.26 Å². The van der Waals surface area contributed by atoms with Gasteiger partial charge in [0.25, 0.3) is 0 Å². The fourth-order valence-electron chi connectivity index (χ4n) is 2.03. The van der Waals surface area contributed by atoms with Gasteiger partial charge in [0.05, 0.1) is 11.4 Å². The maximum Gasteiger partial charge on any atom is 0.163 e. The van der Waals surface area contributed by atoms with Gasteiger partial charge in [-0.05, 0) is 13.0 Å². The van der Waals surface area contributed by atoms with E-state index in [1.165, 1.54) is 0 Å². The quantitative estimate of drug-likeness (QED) is 0.628. The molecule has 0 saturated heterocycles. The van der Waals surface area contributed by atoms with Gasteiger partial charge in [0.15, 0.2) is 5.82 Å². The Bertz CT molecular complexity index is 691. The Morgan fingerprint density at radius 3 is 2.82 bits per heavy atom. The zero-order valence-electron chi connectivity index (χ0n) is 13.5. The molecule has 0 aromatic carbocycles. The molecule has 0 saturated carbocycles. The first-order chi connectivity index (χ1) is 10.3. The van der Waals surface area contributed by atoms with Crippen molar-refractivity contribution in [2.75, 3.05) is 12.3 Å². The molecule has 0 bridgehead atoms. The normalized spacial score (nSPS) is 11.6. The van der Waals surface area contributed by atoms with Gasteiger partial charge in [0.2, 0.25) is 0 Å². The molecule has 0 atom stereocenters. The highest BCUT2D eigenvalue weighted by atomic mass is 28.3. The van der Waals surface area contributed by atoms with Crippen LogP contribution in [0.3, 0.4) is 0 Å². The lowest BCUT2D eigenvalue weighted by Crippen LogP contribution is -2.22. The number of nitrogen functional groups attached to an aromatic ring is 1. The van der Waals surface area contributed by atoms with E-state index in [2.05, 4.69) is 41.0 Å². The van der Waals surface area contributed by atoms with Crippen molar-refractivity contribution in [2.24, 2.45) is 0 Å². The SMILES string of the molecule is Cc1nn(COCC[Si](C)(C)C)cc1-c1[nH]nc(N)c1C#N. The summed E-state index contributed by atoms with van der Waals surface area (Å²) in [4.78, 5) is 0. The Labute approximate surface area is 131 Å². The summed E-state index contributed by atoms with van der Waals surface area (Å²) in [7, 11) is -1.08. The zero-order chi connectivity index (χ0) is 16.3. The lowest BCUT2D eigenvalue weighted by atomic mass is 10.1. The van der Waals surface area contributed by atoms with Gasteiger partial charge in [-0.3, -0.25) is 5.10 Å². The highest BCUT2D eigenvalue weighted by Gasteiger charge is 2.17. The maximum absolute atomic E-state index is 9.16. The van der Waals surface area contributed by atoms with Gasteiger partial charge in [-0.25, -0.2) is 4.68 Å². The van der Waals surface area contributed by atoms with E-state index in [1.54, 1.807) is 4.68 Å². The van der Waals surface area contributed by atoms with Crippen LogP contribution in [-0.4, -0.2) is 34.7 Å². The summed E-state index contributed by atoms with van der Waals surface area (Å²) in [6.07, 6.45) is 1.84. The summed E-state index contributed by atoms with van der Waals surface area (Å²) < 4.78 is 7.41. The van der Waals surface area contributed by atoms with E-state index in [1.807, 2.05) is 13.1 Å². The van der Waals surface area contributed by atoms with E-state index in [-0.39, 0.29) is 5.82 Å². The van der Waals surface area contributed by atoms with Crippen LogP contribution in [0.25, 0.3) is 11.3 Å². The number of anilines is 1. The fraction of sp³-hybridized carbons (Fsp3) is 0.500. The van der Waals surface area contributed by atoms with Gasteiger partial charge in [-0.15, -0.1) is 0 Å². The van der Waals surface area contributed by atoms with E-state index >= 15 is 0 Å². The molecule has 0 aliphatic heterocycles. The molecule has 118 valence electrons. The first-order valence-corrected chi connectivity index (χ1v) is 10.9. The van der Waals surface area contributed by atoms with Gasteiger partial charge >= 0.3 is 0 Å². The molecule has 2 aromatic heterocycles. The third kappa shape index (κ3) is 3.75. The fourth-order valence-corrected chi connectivity index (χ4v) is 2.79. The molecule has 0 unspecified atom stereocenters. The molecule has 8 heteroatoms. The molecule has 22 heavy (non-hydrogen) atoms. The number of nitrogens with two attached hydrogens (primary N) is 1. The molecular weight excluding hydrogens is 296 g/mol. The Hall–Kier alpha value is -2.11. The Morgan fingerprint density at radius 2 is 2.18 bits per heavy atom. The average molecular weight is 318 g/mol. The van der Waals surface area contributed by atoms with Crippen LogP contribution in [0.2, 0.25) is 25.7 Å². The van der Waals surface area contributed by atoms with Crippen molar-refractivity contribution in [1.82, 2.24) is 20.0 Å². The Balaban J connectivity index is 2.07. The van der Waals surface area contributed by atoms with Gasteiger partial charge in [-0.1, -0.05) is 19.6 Å². The van der Waals surface area contributed by atoms with Crippen LogP contribution < -0.4 is 5.73 Å². The minimum atomic E-state index is -1.08. The molecule has 2 rings (SSSR count). The number of aromatic nitrogens is 4. The largest absolute Gasteiger partial charge is 0.381 e. The predicted octanol–water partition coefficient (Wildman–Crippen LogP) is 2.35. The third-order valence-electron chi connectivity index (χ3n) is 3.34. The molecular formula is C14H22N6OSi. The van der Waals surface area contributed by atoms with Crippen molar-refractivity contribution in [2.45, 2.75) is 39.3 Å². The van der Waals surface area contributed by atoms with Gasteiger partial charge in [0, 0.05) is 26.4 Å². The average Bonchev–Trinajstić information content (AvgIpc) is 2.96. The molecule has 0 amide bonds. The number of nitriles is 1. The third-order valence-corrected chi connectivity index (χ3v) is 5.05. The topological polar surface area (TPSA) is 106 Å². The van der Waals surface area contributed by atoms with Gasteiger partial charge < -0.3 is 10.5 Å². The number of nitrogens with zero attached hydrogens (tertiary/aromatic N) is 4. The minimum Gasteiger partial charge on any atom is -0.381 e. The van der Waals surface area contributed by atoms with E-state index < -0.39 is 8.07 Å². The molecule has 2 heterocycles. The van der Waals surface area contributed by atoms with Crippen LogP contribution in [0.1, 0.15) is 11.3 Å². The summed E-state index contributed by atoms with van der Waals surface area (Å²) in [5.74, 6) is 0.205. The number of aryl methyl sites for hydroxylation is 1. The number of hydrogen-bond donors (Lipinski definition) is 2. The lowest BCUT2D eigenvalue weighted by Gasteiger charge is -2.15. The molecule has 0 fully saturated rings. The molecule has 0 radical (unpaired) electrons. The number of ether oxygens (including phenoxy) is 1. The van der Waals surface area contributed by atoms with E-state index in [0.29, 0.717) is 18.0 Å². The van der Waals surface area contributed by atoms with Crippen molar-refractivity contribution >= 4 is 13.9 Å². The van der Waals surface area contributed by atoms with E-state index in [0.717, 1.165) is 23.9 Å². The highest BCUT2D eigenvalue weighted by Crippen LogP contribution is 2.26. The van der Waals surface area contributed by atoms with E-state index in [9.17, 15) is 0 Å². The Morgan fingerprint density at radius 1 is 1.45 bits per heavy atom. The van der Waals surface area contributed by atoms with Crippen LogP contribution in [0.4, 0.5) is 5.82 Å². The van der Waals surface area contributed by atoms with Crippen LogP contribution in [0.5, 0.6) is 0 Å². The van der Waals surface area contributed by atoms with Crippen LogP contribution in [0, 0.1) is 18.3 Å².